The third kappa shape index (κ3) is 3.21. The summed E-state index contributed by atoms with van der Waals surface area (Å²) in [4.78, 5) is 11.6. The first-order valence-corrected chi connectivity index (χ1v) is 6.43. The first kappa shape index (κ1) is 13.0. The topological polar surface area (TPSA) is 17.1 Å². The summed E-state index contributed by atoms with van der Waals surface area (Å²) in [6, 6.07) is 4.42. The van der Waals surface area contributed by atoms with Crippen molar-refractivity contribution in [3.05, 3.63) is 32.9 Å². The number of carbonyl (C=O) groups excluding carboxylic acids is 1. The minimum absolute atomic E-state index is 0.0731. The van der Waals surface area contributed by atoms with Crippen molar-refractivity contribution in [2.75, 3.05) is 5.33 Å². The van der Waals surface area contributed by atoms with Crippen LogP contribution in [0.1, 0.15) is 28.8 Å². The van der Waals surface area contributed by atoms with Gasteiger partial charge in [-0.25, -0.2) is 8.78 Å². The highest BCUT2D eigenvalue weighted by molar-refractivity contribution is 14.1. The number of rotatable bonds is 4. The molecular weight excluding hydrogens is 381 g/mol. The van der Waals surface area contributed by atoms with Crippen LogP contribution < -0.4 is 0 Å². The molecule has 0 N–H and O–H groups in total. The summed E-state index contributed by atoms with van der Waals surface area (Å²) in [6.45, 7) is 0. The summed E-state index contributed by atoms with van der Waals surface area (Å²) in [6.07, 6.45) is -2.21. The number of hydrogen-bond acceptors (Lipinski definition) is 1. The highest BCUT2D eigenvalue weighted by atomic mass is 127. The fraction of sp³-hybridized carbons (Fsp3) is 0.300. The molecule has 0 bridgehead atoms. The smallest absolute Gasteiger partial charge is 0.264 e. The summed E-state index contributed by atoms with van der Waals surface area (Å²) in [5, 5.41) is 0.542. The third-order valence-electron chi connectivity index (χ3n) is 1.89. The zero-order valence-corrected chi connectivity index (χ0v) is 11.4. The van der Waals surface area contributed by atoms with Crippen LogP contribution in [0.5, 0.6) is 0 Å². The quantitative estimate of drug-likeness (QED) is 0.429. The Labute approximate surface area is 109 Å². The van der Waals surface area contributed by atoms with Crippen LogP contribution >= 0.6 is 38.5 Å². The molecule has 1 nitrogen and oxygen atoms in total. The van der Waals surface area contributed by atoms with E-state index < -0.39 is 6.43 Å². The molecule has 0 saturated heterocycles. The van der Waals surface area contributed by atoms with Crippen LogP contribution in [0.25, 0.3) is 0 Å². The molecule has 0 saturated carbocycles. The molecule has 82 valence electrons. The van der Waals surface area contributed by atoms with E-state index in [0.717, 1.165) is 0 Å². The summed E-state index contributed by atoms with van der Waals surface area (Å²) >= 11 is 4.94. The van der Waals surface area contributed by atoms with E-state index in [4.69, 9.17) is 0 Å². The maximum Gasteiger partial charge on any atom is 0.264 e. The van der Waals surface area contributed by atoms with Crippen LogP contribution in [0.15, 0.2) is 18.2 Å². The van der Waals surface area contributed by atoms with Gasteiger partial charge in [-0.3, -0.25) is 4.79 Å². The number of hydrogen-bond donors (Lipinski definition) is 0. The molecule has 0 spiro atoms. The Hall–Kier alpha value is -0.0400. The number of alkyl halides is 3. The lowest BCUT2D eigenvalue weighted by Gasteiger charge is -2.07. The minimum Gasteiger partial charge on any atom is -0.294 e. The SMILES string of the molecule is O=C(CCBr)c1cccc(C(F)F)c1I. The van der Waals surface area contributed by atoms with E-state index in [0.29, 0.717) is 20.9 Å². The van der Waals surface area contributed by atoms with E-state index in [1.54, 1.807) is 28.7 Å². The van der Waals surface area contributed by atoms with Crippen molar-refractivity contribution in [3.63, 3.8) is 0 Å². The fourth-order valence-electron chi connectivity index (χ4n) is 1.15. The Morgan fingerprint density at radius 3 is 2.67 bits per heavy atom. The van der Waals surface area contributed by atoms with Gasteiger partial charge in [-0.05, 0) is 22.6 Å². The molecule has 0 radical (unpaired) electrons. The maximum absolute atomic E-state index is 12.5. The molecule has 1 aromatic rings. The first-order chi connectivity index (χ1) is 7.07. The molecule has 0 unspecified atom stereocenters. The molecule has 0 amide bonds. The molecule has 0 aliphatic rings. The zero-order valence-electron chi connectivity index (χ0n) is 7.64. The van der Waals surface area contributed by atoms with Gasteiger partial charge in [0.05, 0.1) is 0 Å². The van der Waals surface area contributed by atoms with E-state index in [9.17, 15) is 13.6 Å². The largest absolute Gasteiger partial charge is 0.294 e. The lowest BCUT2D eigenvalue weighted by molar-refractivity contribution is 0.0988. The van der Waals surface area contributed by atoms with Crippen molar-refractivity contribution in [2.24, 2.45) is 0 Å². The highest BCUT2D eigenvalue weighted by Crippen LogP contribution is 2.27. The van der Waals surface area contributed by atoms with Crippen molar-refractivity contribution in [1.29, 1.82) is 0 Å². The number of Topliss-reactive ketones (excluding diaryl/α,β-unsaturated/α-hetero) is 1. The monoisotopic (exact) mass is 388 g/mol. The zero-order chi connectivity index (χ0) is 11.4. The van der Waals surface area contributed by atoms with Crippen molar-refractivity contribution < 1.29 is 13.6 Å². The van der Waals surface area contributed by atoms with Gasteiger partial charge in [-0.1, -0.05) is 34.1 Å². The van der Waals surface area contributed by atoms with Gasteiger partial charge in [0.15, 0.2) is 5.78 Å². The van der Waals surface area contributed by atoms with E-state index in [1.807, 2.05) is 0 Å². The molecular formula is C10H8BrF2IO. The van der Waals surface area contributed by atoms with Crippen molar-refractivity contribution >= 4 is 44.3 Å². The Balaban J connectivity index is 3.09. The average Bonchev–Trinajstić information content (AvgIpc) is 2.17. The van der Waals surface area contributed by atoms with Gasteiger partial charge in [0.2, 0.25) is 0 Å². The number of carbonyl (C=O) groups is 1. The van der Waals surface area contributed by atoms with E-state index >= 15 is 0 Å². The molecule has 0 fully saturated rings. The Morgan fingerprint density at radius 2 is 2.13 bits per heavy atom. The number of halogens is 4. The minimum atomic E-state index is -2.53. The predicted molar refractivity (Wildman–Crippen MR) is 66.9 cm³/mol. The van der Waals surface area contributed by atoms with Crippen molar-refractivity contribution in [3.8, 4) is 0 Å². The summed E-state index contributed by atoms with van der Waals surface area (Å²) in [7, 11) is 0. The van der Waals surface area contributed by atoms with E-state index in [1.165, 1.54) is 12.1 Å². The van der Waals surface area contributed by atoms with Crippen molar-refractivity contribution in [2.45, 2.75) is 12.8 Å². The van der Waals surface area contributed by atoms with Gasteiger partial charge in [-0.2, -0.15) is 0 Å². The Kier molecular flexibility index (Phi) is 5.11. The van der Waals surface area contributed by atoms with Gasteiger partial charge in [0.1, 0.15) is 0 Å². The second-order valence-electron chi connectivity index (χ2n) is 2.87. The summed E-state index contributed by atoms with van der Waals surface area (Å²) in [5.74, 6) is -0.112. The molecule has 0 heterocycles. The van der Waals surface area contributed by atoms with Gasteiger partial charge < -0.3 is 0 Å². The van der Waals surface area contributed by atoms with Gasteiger partial charge in [-0.15, -0.1) is 0 Å². The van der Waals surface area contributed by atoms with Gasteiger partial charge >= 0.3 is 0 Å². The average molecular weight is 389 g/mol. The standard InChI is InChI=1S/C10H8BrF2IO/c11-5-4-8(15)6-2-1-3-7(9(6)14)10(12)13/h1-3,10H,4-5H2. The molecule has 0 aromatic heterocycles. The second kappa shape index (κ2) is 5.89. The Morgan fingerprint density at radius 1 is 1.47 bits per heavy atom. The molecule has 1 aromatic carbocycles. The predicted octanol–water partition coefficient (Wildman–Crippen LogP) is 4.20. The molecule has 5 heteroatoms. The lowest BCUT2D eigenvalue weighted by Crippen LogP contribution is -2.04. The maximum atomic E-state index is 12.5. The van der Waals surface area contributed by atoms with Crippen LogP contribution in [-0.4, -0.2) is 11.1 Å². The molecule has 15 heavy (non-hydrogen) atoms. The van der Waals surface area contributed by atoms with Crippen LogP contribution in [-0.2, 0) is 0 Å². The second-order valence-corrected chi connectivity index (χ2v) is 4.74. The van der Waals surface area contributed by atoms with Crippen LogP contribution in [0.2, 0.25) is 0 Å². The summed E-state index contributed by atoms with van der Waals surface area (Å²) in [5.41, 5.74) is 0.309. The molecule has 0 aliphatic carbocycles. The number of benzene rings is 1. The molecule has 0 aliphatic heterocycles. The third-order valence-corrected chi connectivity index (χ3v) is 3.49. The first-order valence-electron chi connectivity index (χ1n) is 4.23. The normalized spacial score (nSPS) is 10.7. The molecule has 1 rings (SSSR count). The lowest BCUT2D eigenvalue weighted by atomic mass is 10.1. The summed E-state index contributed by atoms with van der Waals surface area (Å²) < 4.78 is 25.4. The number of ketones is 1. The van der Waals surface area contributed by atoms with Crippen molar-refractivity contribution in [1.82, 2.24) is 0 Å². The Bertz CT molecular complexity index is 368. The van der Waals surface area contributed by atoms with Gasteiger partial charge in [0, 0.05) is 26.4 Å². The van der Waals surface area contributed by atoms with E-state index in [-0.39, 0.29) is 11.3 Å². The van der Waals surface area contributed by atoms with Crippen LogP contribution in [0.4, 0.5) is 8.78 Å². The van der Waals surface area contributed by atoms with Gasteiger partial charge in [0.25, 0.3) is 6.43 Å². The highest BCUT2D eigenvalue weighted by Gasteiger charge is 2.17. The fourth-order valence-corrected chi connectivity index (χ4v) is 2.41. The van der Waals surface area contributed by atoms with Crippen LogP contribution in [0, 0.1) is 3.57 Å². The molecule has 0 atom stereocenters. The van der Waals surface area contributed by atoms with Crippen LogP contribution in [0.3, 0.4) is 0 Å². The van der Waals surface area contributed by atoms with E-state index in [2.05, 4.69) is 15.9 Å².